The Morgan fingerprint density at radius 3 is 2.14 bits per heavy atom. The number of rotatable bonds is 2. The molecule has 0 rings (SSSR count). The molecule has 0 N–H and O–H groups in total. The summed E-state index contributed by atoms with van der Waals surface area (Å²) in [6.07, 6.45) is 0. The van der Waals surface area contributed by atoms with Crippen LogP contribution in [-0.2, 0) is 16.3 Å². The molecule has 5 heteroatoms. The number of hydrogen-bond donors (Lipinski definition) is 2. The molecular weight excluding hydrogens is 167 g/mol. The maximum absolute atomic E-state index is 4.88. The molecule has 0 bridgehead atoms. The van der Waals surface area contributed by atoms with E-state index in [1.807, 2.05) is 6.92 Å². The van der Waals surface area contributed by atoms with E-state index in [0.717, 1.165) is 0 Å². The van der Waals surface area contributed by atoms with Gasteiger partial charge in [-0.2, -0.15) is 0 Å². The van der Waals surface area contributed by atoms with Gasteiger partial charge in [-0.15, -0.1) is 24.5 Å². The summed E-state index contributed by atoms with van der Waals surface area (Å²) < 4.78 is 2.94. The maximum atomic E-state index is 4.88. The van der Waals surface area contributed by atoms with Crippen LogP contribution in [0.1, 0.15) is 6.92 Å². The molecule has 0 atom stereocenters. The molecule has 0 fully saturated rings. The molecule has 0 aromatic carbocycles. The summed E-state index contributed by atoms with van der Waals surface area (Å²) in [6.45, 7) is 2.47. The van der Waals surface area contributed by atoms with Crippen molar-refractivity contribution in [1.82, 2.24) is 0 Å². The van der Waals surface area contributed by atoms with Crippen molar-refractivity contribution >= 4 is 41.0 Å². The lowest BCUT2D eigenvalue weighted by atomic mass is 10.9. The van der Waals surface area contributed by atoms with E-state index in [2.05, 4.69) is 24.5 Å². The Hall–Kier alpha value is 1.31. The van der Waals surface area contributed by atoms with Gasteiger partial charge in [-0.3, -0.25) is 0 Å². The van der Waals surface area contributed by atoms with Crippen LogP contribution in [0.15, 0.2) is 0 Å². The van der Waals surface area contributed by atoms with Crippen LogP contribution in [0.5, 0.6) is 0 Å². The highest BCUT2D eigenvalue weighted by Crippen LogP contribution is 2.56. The zero-order chi connectivity index (χ0) is 5.91. The van der Waals surface area contributed by atoms with Crippen LogP contribution in [0.4, 0.5) is 0 Å². The third-order valence-electron chi connectivity index (χ3n) is 0.297. The summed E-state index contributed by atoms with van der Waals surface area (Å²) in [5.74, 6) is 0. The summed E-state index contributed by atoms with van der Waals surface area (Å²) in [4.78, 5) is 0. The molecule has 0 radical (unpaired) electrons. The van der Waals surface area contributed by atoms with Crippen molar-refractivity contribution in [3.63, 3.8) is 0 Å². The van der Waals surface area contributed by atoms with Crippen LogP contribution in [0.3, 0.4) is 0 Å². The SMILES string of the molecule is CCOP(=S)(S)S. The lowest BCUT2D eigenvalue weighted by Gasteiger charge is -2.04. The topological polar surface area (TPSA) is 9.23 Å². The van der Waals surface area contributed by atoms with Crippen LogP contribution >= 0.6 is 29.2 Å². The van der Waals surface area contributed by atoms with Crippen LogP contribution in [0.25, 0.3) is 0 Å². The quantitative estimate of drug-likeness (QED) is 0.490. The highest BCUT2D eigenvalue weighted by Gasteiger charge is 1.99. The van der Waals surface area contributed by atoms with Crippen LogP contribution < -0.4 is 0 Å². The minimum atomic E-state index is -1.94. The molecule has 0 aliphatic rings. The number of thiol groups is 2. The van der Waals surface area contributed by atoms with Gasteiger partial charge in [0.05, 0.1) is 6.61 Å². The van der Waals surface area contributed by atoms with Gasteiger partial charge in [-0.05, 0) is 18.7 Å². The molecule has 44 valence electrons. The fourth-order valence-corrected chi connectivity index (χ4v) is 1.51. The highest BCUT2D eigenvalue weighted by molar-refractivity contribution is 8.90. The molecule has 0 aromatic rings. The lowest BCUT2D eigenvalue weighted by molar-refractivity contribution is 0.393. The summed E-state index contributed by atoms with van der Waals surface area (Å²) in [5.41, 5.74) is 0. The molecule has 0 amide bonds. The predicted molar refractivity (Wildman–Crippen MR) is 43.9 cm³/mol. The van der Waals surface area contributed by atoms with E-state index in [0.29, 0.717) is 6.61 Å². The largest absolute Gasteiger partial charge is 0.335 e. The molecule has 0 aromatic heterocycles. The second-order valence-electron chi connectivity index (χ2n) is 0.908. The summed E-state index contributed by atoms with van der Waals surface area (Å²) >= 11 is 12.5. The zero-order valence-electron chi connectivity index (χ0n) is 3.87. The summed E-state index contributed by atoms with van der Waals surface area (Å²) in [6, 6.07) is 0. The molecule has 0 aliphatic heterocycles. The Morgan fingerprint density at radius 2 is 2.14 bits per heavy atom. The van der Waals surface area contributed by atoms with E-state index < -0.39 is 4.67 Å². The van der Waals surface area contributed by atoms with Crippen molar-refractivity contribution in [2.24, 2.45) is 0 Å². The first-order chi connectivity index (χ1) is 3.06. The molecule has 0 unspecified atom stereocenters. The molecule has 7 heavy (non-hydrogen) atoms. The van der Waals surface area contributed by atoms with Crippen LogP contribution in [0, 0.1) is 0 Å². The van der Waals surface area contributed by atoms with E-state index in [-0.39, 0.29) is 0 Å². The van der Waals surface area contributed by atoms with Gasteiger partial charge >= 0.3 is 0 Å². The average molecular weight is 174 g/mol. The molecule has 0 heterocycles. The van der Waals surface area contributed by atoms with Gasteiger partial charge in [-0.25, -0.2) is 0 Å². The second-order valence-corrected chi connectivity index (χ2v) is 9.64. The van der Waals surface area contributed by atoms with Crippen LogP contribution in [-0.4, -0.2) is 6.61 Å². The zero-order valence-corrected chi connectivity index (χ0v) is 7.37. The van der Waals surface area contributed by atoms with E-state index in [1.54, 1.807) is 0 Å². The summed E-state index contributed by atoms with van der Waals surface area (Å²) in [7, 11) is 0. The maximum Gasteiger partial charge on any atom is 0.168 e. The van der Waals surface area contributed by atoms with E-state index in [4.69, 9.17) is 16.3 Å². The van der Waals surface area contributed by atoms with E-state index >= 15 is 0 Å². The first-order valence-corrected chi connectivity index (χ1v) is 6.79. The minimum Gasteiger partial charge on any atom is -0.335 e. The highest BCUT2D eigenvalue weighted by atomic mass is 33.2. The lowest BCUT2D eigenvalue weighted by Crippen LogP contribution is -1.74. The van der Waals surface area contributed by atoms with Crippen molar-refractivity contribution < 1.29 is 4.52 Å². The predicted octanol–water partition coefficient (Wildman–Crippen LogP) is 2.11. The monoisotopic (exact) mass is 174 g/mol. The average Bonchev–Trinajstić information content (AvgIpc) is 1.30. The first-order valence-electron chi connectivity index (χ1n) is 1.76. The van der Waals surface area contributed by atoms with E-state index in [9.17, 15) is 0 Å². The van der Waals surface area contributed by atoms with Crippen molar-refractivity contribution in [3.05, 3.63) is 0 Å². The van der Waals surface area contributed by atoms with Gasteiger partial charge in [-0.1, -0.05) is 0 Å². The molecule has 0 spiro atoms. The minimum absolute atomic E-state index is 0.601. The van der Waals surface area contributed by atoms with Crippen molar-refractivity contribution in [2.45, 2.75) is 6.92 Å². The van der Waals surface area contributed by atoms with E-state index in [1.165, 1.54) is 0 Å². The first kappa shape index (κ1) is 8.31. The van der Waals surface area contributed by atoms with Gasteiger partial charge in [0, 0.05) is 0 Å². The van der Waals surface area contributed by atoms with Crippen molar-refractivity contribution in [3.8, 4) is 0 Å². The molecule has 0 saturated heterocycles. The fourth-order valence-electron chi connectivity index (χ4n) is 0.168. The van der Waals surface area contributed by atoms with Crippen LogP contribution in [0.2, 0.25) is 0 Å². The second kappa shape index (κ2) is 3.36. The Bertz CT molecular complexity index is 86.9. The van der Waals surface area contributed by atoms with Gasteiger partial charge < -0.3 is 4.52 Å². The van der Waals surface area contributed by atoms with Crippen molar-refractivity contribution in [2.75, 3.05) is 6.61 Å². The Labute approximate surface area is 59.2 Å². The third-order valence-corrected chi connectivity index (χ3v) is 1.90. The Kier molecular flexibility index (Phi) is 3.99. The normalized spacial score (nSPS) is 11.9. The molecule has 0 aliphatic carbocycles. The number of hydrogen-bond acceptors (Lipinski definition) is 2. The van der Waals surface area contributed by atoms with Gasteiger partial charge in [0.15, 0.2) is 4.67 Å². The smallest absolute Gasteiger partial charge is 0.168 e. The van der Waals surface area contributed by atoms with Gasteiger partial charge in [0.2, 0.25) is 0 Å². The fraction of sp³-hybridized carbons (Fsp3) is 1.00. The Balaban J connectivity index is 3.36. The Morgan fingerprint density at radius 1 is 1.71 bits per heavy atom. The van der Waals surface area contributed by atoms with Gasteiger partial charge in [0.1, 0.15) is 0 Å². The molecular formula is C2H7OPS3. The third kappa shape index (κ3) is 7.31. The van der Waals surface area contributed by atoms with Crippen molar-refractivity contribution in [1.29, 1.82) is 0 Å². The standard InChI is InChI=1S/C2H7OPS3/c1-2-3-4(5,6)7/h2H2,1H3,(H2,5,6,7). The van der Waals surface area contributed by atoms with Gasteiger partial charge in [0.25, 0.3) is 0 Å². The molecule has 1 nitrogen and oxygen atoms in total. The molecule has 0 saturated carbocycles. The summed E-state index contributed by atoms with van der Waals surface area (Å²) in [5, 5.41) is 0.